The molecule has 2 N–H and O–H groups in total. The molecule has 208 valence electrons. The zero-order valence-corrected chi connectivity index (χ0v) is 23.9. The molecule has 1 saturated heterocycles. The monoisotopic (exact) mass is 562 g/mol. The lowest BCUT2D eigenvalue weighted by atomic mass is 10.2. The summed E-state index contributed by atoms with van der Waals surface area (Å²) in [6, 6.07) is 10.4. The van der Waals surface area contributed by atoms with E-state index in [9.17, 15) is 14.4 Å². The summed E-state index contributed by atoms with van der Waals surface area (Å²) in [5.74, 6) is -0.249. The molecule has 0 radical (unpaired) electrons. The second kappa shape index (κ2) is 15.6. The topological polar surface area (TPSA) is 91.0 Å². The summed E-state index contributed by atoms with van der Waals surface area (Å²) in [5.41, 5.74) is 1.35. The Labute approximate surface area is 234 Å². The molecule has 1 fully saturated rings. The molecule has 0 aliphatic carbocycles. The van der Waals surface area contributed by atoms with Gasteiger partial charge in [0, 0.05) is 24.5 Å². The standard InChI is InChI=1S/C28H39ClN4O4S/c1-3-5-7-9-17-32(18-10-8-6-4-2)27(35)31-21-11-13-22(14-12-21)33-20-23(37-28(33)36)19-30-26(34)24-15-16-25(29)38-24/h11-16,23H,3-10,17-20H2,1-2H3,(H,30,34)(H,31,35)/t23-/m0/s1. The van der Waals surface area contributed by atoms with E-state index in [4.69, 9.17) is 16.3 Å². The third kappa shape index (κ3) is 9.20. The van der Waals surface area contributed by atoms with Crippen LogP contribution in [0, 0.1) is 0 Å². The zero-order chi connectivity index (χ0) is 27.3. The molecule has 38 heavy (non-hydrogen) atoms. The maximum atomic E-state index is 13.0. The van der Waals surface area contributed by atoms with Gasteiger partial charge in [-0.15, -0.1) is 11.3 Å². The predicted octanol–water partition coefficient (Wildman–Crippen LogP) is 7.15. The van der Waals surface area contributed by atoms with Crippen LogP contribution in [-0.4, -0.2) is 55.2 Å². The van der Waals surface area contributed by atoms with Crippen molar-refractivity contribution in [2.24, 2.45) is 0 Å². The Balaban J connectivity index is 1.50. The third-order valence-corrected chi connectivity index (χ3v) is 7.67. The van der Waals surface area contributed by atoms with Crippen molar-refractivity contribution >= 4 is 52.3 Å². The first-order valence-electron chi connectivity index (χ1n) is 13.6. The molecular formula is C28H39ClN4O4S. The first-order chi connectivity index (χ1) is 18.4. The van der Waals surface area contributed by atoms with Crippen LogP contribution in [0.2, 0.25) is 4.34 Å². The number of amides is 4. The first-order valence-corrected chi connectivity index (χ1v) is 14.8. The summed E-state index contributed by atoms with van der Waals surface area (Å²) < 4.78 is 5.97. The molecule has 1 aliphatic rings. The number of cyclic esters (lactones) is 1. The lowest BCUT2D eigenvalue weighted by molar-refractivity contribution is 0.0920. The van der Waals surface area contributed by atoms with E-state index in [2.05, 4.69) is 24.5 Å². The highest BCUT2D eigenvalue weighted by Gasteiger charge is 2.32. The fraction of sp³-hybridized carbons (Fsp3) is 0.536. The number of benzene rings is 1. The van der Waals surface area contributed by atoms with Crippen molar-refractivity contribution in [1.82, 2.24) is 10.2 Å². The van der Waals surface area contributed by atoms with Crippen molar-refractivity contribution in [2.45, 2.75) is 71.3 Å². The number of rotatable bonds is 15. The second-order valence-electron chi connectivity index (χ2n) is 9.52. The summed E-state index contributed by atoms with van der Waals surface area (Å²) in [4.78, 5) is 41.6. The number of anilines is 2. The van der Waals surface area contributed by atoms with E-state index >= 15 is 0 Å². The highest BCUT2D eigenvalue weighted by atomic mass is 35.5. The summed E-state index contributed by atoms with van der Waals surface area (Å²) in [5, 5.41) is 5.80. The summed E-state index contributed by atoms with van der Waals surface area (Å²) in [6.07, 6.45) is 8.04. The fourth-order valence-electron chi connectivity index (χ4n) is 4.27. The third-order valence-electron chi connectivity index (χ3n) is 6.44. The summed E-state index contributed by atoms with van der Waals surface area (Å²) >= 11 is 7.09. The van der Waals surface area contributed by atoms with Gasteiger partial charge in [-0.1, -0.05) is 64.0 Å². The maximum Gasteiger partial charge on any atom is 0.414 e. The van der Waals surface area contributed by atoms with Gasteiger partial charge >= 0.3 is 12.1 Å². The number of hydrogen-bond donors (Lipinski definition) is 2. The quantitative estimate of drug-likeness (QED) is 0.225. The number of ether oxygens (including phenoxy) is 1. The predicted molar refractivity (Wildman–Crippen MR) is 155 cm³/mol. The SMILES string of the molecule is CCCCCCN(CCCCCC)C(=O)Nc1ccc(N2C[C@H](CNC(=O)c3ccc(Cl)s3)OC2=O)cc1. The van der Waals surface area contributed by atoms with Crippen molar-refractivity contribution in [3.63, 3.8) is 0 Å². The van der Waals surface area contributed by atoms with E-state index in [-0.39, 0.29) is 18.5 Å². The van der Waals surface area contributed by atoms with Crippen LogP contribution in [0.3, 0.4) is 0 Å². The number of unbranched alkanes of at least 4 members (excludes halogenated alkanes) is 6. The number of hydrogen-bond acceptors (Lipinski definition) is 5. The lowest BCUT2D eigenvalue weighted by Crippen LogP contribution is -2.36. The van der Waals surface area contributed by atoms with Gasteiger partial charge in [-0.2, -0.15) is 0 Å². The van der Waals surface area contributed by atoms with Crippen LogP contribution in [0.25, 0.3) is 0 Å². The molecule has 4 amide bonds. The van der Waals surface area contributed by atoms with Crippen LogP contribution in [-0.2, 0) is 4.74 Å². The Morgan fingerprint density at radius 2 is 1.66 bits per heavy atom. The second-order valence-corrected chi connectivity index (χ2v) is 11.2. The van der Waals surface area contributed by atoms with E-state index in [1.807, 2.05) is 4.90 Å². The van der Waals surface area contributed by atoms with E-state index in [1.54, 1.807) is 36.4 Å². The number of thiophene rings is 1. The molecule has 10 heteroatoms. The minimum Gasteiger partial charge on any atom is -0.442 e. The fourth-order valence-corrected chi connectivity index (χ4v) is 5.23. The minimum atomic E-state index is -0.467. The first kappa shape index (κ1) is 29.8. The van der Waals surface area contributed by atoms with Gasteiger partial charge in [0.15, 0.2) is 0 Å². The molecular weight excluding hydrogens is 524 g/mol. The van der Waals surface area contributed by atoms with E-state index in [0.29, 0.717) is 27.1 Å². The minimum absolute atomic E-state index is 0.0887. The Kier molecular flexibility index (Phi) is 12.2. The van der Waals surface area contributed by atoms with Crippen LogP contribution in [0.4, 0.5) is 21.0 Å². The van der Waals surface area contributed by atoms with Crippen molar-refractivity contribution < 1.29 is 19.1 Å². The molecule has 0 saturated carbocycles. The molecule has 1 aliphatic heterocycles. The van der Waals surface area contributed by atoms with Crippen molar-refractivity contribution in [3.05, 3.63) is 45.6 Å². The van der Waals surface area contributed by atoms with Crippen LogP contribution in [0.15, 0.2) is 36.4 Å². The number of nitrogens with one attached hydrogen (secondary N) is 2. The van der Waals surface area contributed by atoms with Crippen LogP contribution in [0.1, 0.15) is 74.9 Å². The largest absolute Gasteiger partial charge is 0.442 e. The number of carbonyl (C=O) groups excluding carboxylic acids is 3. The van der Waals surface area contributed by atoms with Crippen LogP contribution >= 0.6 is 22.9 Å². The highest BCUT2D eigenvalue weighted by Crippen LogP contribution is 2.24. The van der Waals surface area contributed by atoms with Crippen LogP contribution in [0.5, 0.6) is 0 Å². The Hall–Kier alpha value is -2.78. The molecule has 8 nitrogen and oxygen atoms in total. The maximum absolute atomic E-state index is 13.0. The molecule has 1 aromatic heterocycles. The summed E-state index contributed by atoms with van der Waals surface area (Å²) in [6.45, 7) is 6.40. The van der Waals surface area contributed by atoms with E-state index in [0.717, 1.165) is 38.8 Å². The van der Waals surface area contributed by atoms with Gasteiger partial charge in [0.1, 0.15) is 6.10 Å². The van der Waals surface area contributed by atoms with Gasteiger partial charge in [-0.05, 0) is 49.2 Å². The molecule has 0 bridgehead atoms. The molecule has 0 unspecified atom stereocenters. The Morgan fingerprint density at radius 1 is 1.00 bits per heavy atom. The van der Waals surface area contributed by atoms with Crippen molar-refractivity contribution in [1.29, 1.82) is 0 Å². The Morgan fingerprint density at radius 3 is 2.24 bits per heavy atom. The van der Waals surface area contributed by atoms with Gasteiger partial charge in [0.2, 0.25) is 0 Å². The number of urea groups is 1. The average Bonchev–Trinajstić information content (AvgIpc) is 3.52. The van der Waals surface area contributed by atoms with E-state index in [1.165, 1.54) is 41.9 Å². The van der Waals surface area contributed by atoms with Gasteiger partial charge in [-0.25, -0.2) is 9.59 Å². The highest BCUT2D eigenvalue weighted by molar-refractivity contribution is 7.18. The molecule has 3 rings (SSSR count). The average molecular weight is 563 g/mol. The van der Waals surface area contributed by atoms with Gasteiger partial charge in [0.05, 0.1) is 22.3 Å². The molecule has 0 spiro atoms. The van der Waals surface area contributed by atoms with E-state index < -0.39 is 12.2 Å². The number of nitrogens with zero attached hydrogens (tertiary/aromatic N) is 2. The summed E-state index contributed by atoms with van der Waals surface area (Å²) in [7, 11) is 0. The smallest absolute Gasteiger partial charge is 0.414 e. The molecule has 1 aromatic carbocycles. The zero-order valence-electron chi connectivity index (χ0n) is 22.3. The molecule has 2 heterocycles. The van der Waals surface area contributed by atoms with Crippen molar-refractivity contribution in [2.75, 3.05) is 36.4 Å². The van der Waals surface area contributed by atoms with Gasteiger partial charge in [-0.3, -0.25) is 9.69 Å². The van der Waals surface area contributed by atoms with Crippen molar-refractivity contribution in [3.8, 4) is 0 Å². The normalized spacial score (nSPS) is 14.9. The number of halogens is 1. The van der Waals surface area contributed by atoms with Gasteiger partial charge < -0.3 is 20.3 Å². The van der Waals surface area contributed by atoms with Gasteiger partial charge in [0.25, 0.3) is 5.91 Å². The number of carbonyl (C=O) groups is 3. The molecule has 2 aromatic rings. The Bertz CT molecular complexity index is 1030. The molecule has 1 atom stereocenters. The lowest BCUT2D eigenvalue weighted by Gasteiger charge is -2.23. The van der Waals surface area contributed by atoms with Crippen LogP contribution < -0.4 is 15.5 Å².